The van der Waals surface area contributed by atoms with E-state index in [2.05, 4.69) is 51.7 Å². The summed E-state index contributed by atoms with van der Waals surface area (Å²) in [5.74, 6) is -3.00. The highest BCUT2D eigenvalue weighted by Crippen LogP contribution is 2.36. The van der Waals surface area contributed by atoms with Crippen LogP contribution in [0.5, 0.6) is 5.75 Å². The molecule has 1 aromatic heterocycles. The van der Waals surface area contributed by atoms with Crippen LogP contribution in [-0.2, 0) is 76.4 Å². The van der Waals surface area contributed by atoms with Crippen LogP contribution >= 0.6 is 36.4 Å². The molecule has 1 aromatic carbocycles. The van der Waals surface area contributed by atoms with Crippen molar-refractivity contribution in [2.75, 3.05) is 61.7 Å². The lowest BCUT2D eigenvalue weighted by atomic mass is 9.95. The minimum absolute atomic E-state index is 0. The van der Waals surface area contributed by atoms with Gasteiger partial charge in [0, 0.05) is 67.2 Å². The van der Waals surface area contributed by atoms with Crippen molar-refractivity contribution in [2.45, 2.75) is 180 Å². The number of hydrogen-bond donors (Lipinski definition) is 12. The first-order chi connectivity index (χ1) is 46.7. The molecule has 0 unspecified atom stereocenters. The Hall–Kier alpha value is -7.74. The molecule has 2 aromatic rings. The van der Waals surface area contributed by atoms with E-state index in [4.69, 9.17) is 52.2 Å². The Bertz CT molecular complexity index is 3000. The van der Waals surface area contributed by atoms with Gasteiger partial charge >= 0.3 is 41.9 Å². The molecule has 4 saturated heterocycles. The number of carboxylic acids is 2. The zero-order valence-electron chi connectivity index (χ0n) is 59.2. The highest BCUT2D eigenvalue weighted by Gasteiger charge is 2.37. The van der Waals surface area contributed by atoms with Crippen LogP contribution < -0.4 is 53.4 Å². The van der Waals surface area contributed by atoms with Gasteiger partial charge in [-0.3, -0.25) is 38.4 Å². The summed E-state index contributed by atoms with van der Waals surface area (Å²) < 4.78 is 28.5. The summed E-state index contributed by atoms with van der Waals surface area (Å²) >= 11 is 5.95. The molecular weight excluding hydrogens is 1390 g/mol. The Kier molecular flexibility index (Phi) is 38.9. The molecule has 0 spiro atoms. The van der Waals surface area contributed by atoms with Gasteiger partial charge in [0.2, 0.25) is 35.4 Å². The summed E-state index contributed by atoms with van der Waals surface area (Å²) in [6.07, 6.45) is 12.5. The third-order valence-electron chi connectivity index (χ3n) is 17.4. The van der Waals surface area contributed by atoms with Crippen LogP contribution in [-0.4, -0.2) is 190 Å². The summed E-state index contributed by atoms with van der Waals surface area (Å²) in [4.78, 5) is 151. The number of aromatic amines is 1. The fourth-order valence-electron chi connectivity index (χ4n) is 11.2. The summed E-state index contributed by atoms with van der Waals surface area (Å²) in [7, 11) is 6.75. The first kappa shape index (κ1) is 89.3. The molecule has 5 heterocycles. The number of esters is 4. The average Bonchev–Trinajstić information content (AvgIpc) is 1.67. The summed E-state index contributed by atoms with van der Waals surface area (Å²) in [5.41, 5.74) is 11.5. The van der Waals surface area contributed by atoms with Crippen LogP contribution in [0.15, 0.2) is 18.2 Å². The highest BCUT2D eigenvalue weighted by atomic mass is 35.5. The summed E-state index contributed by atoms with van der Waals surface area (Å²) in [6.45, 7) is 11.5. The van der Waals surface area contributed by atoms with Crippen molar-refractivity contribution >= 4 is 125 Å². The van der Waals surface area contributed by atoms with E-state index < -0.39 is 71.8 Å². The van der Waals surface area contributed by atoms with Crippen molar-refractivity contribution in [1.82, 2.24) is 42.2 Å². The topological polar surface area (TPSA) is 470 Å². The van der Waals surface area contributed by atoms with E-state index in [-0.39, 0.29) is 114 Å². The monoisotopic (exact) mass is 1490 g/mol. The van der Waals surface area contributed by atoms with Crippen molar-refractivity contribution in [3.8, 4) is 5.75 Å². The molecule has 7 amide bonds. The SMILES string of the molecule is CC(C)(C)OC(=O)N[C@@H](CC1CC1)C(=O)O.COC(=O)[C@@H](C)C[C@@H]1CCNC1=O.COC(=O)[C@@H](N)C[C@@H]1CCNC1=O.COC(=O)[C@H](C[C@@H]1CCNC1=O)NC(=O)[C@@H](C)CC1CC1.COC(=O)[C@H](C[C@@H]1CCNC1=O)NC(=O)[C@@H](N)CC1CC1.COc1cc(Cl)c2[nH]c(C(=O)O)cc2c1.Cl.Cl. The van der Waals surface area contributed by atoms with E-state index in [1.54, 1.807) is 39.8 Å². The number of halogens is 3. The summed E-state index contributed by atoms with van der Waals surface area (Å²) in [6, 6.07) is 1.20. The number of aromatic nitrogens is 1. The molecule has 3 aliphatic carbocycles. The predicted octanol–water partition coefficient (Wildman–Crippen LogP) is 4.38. The largest absolute Gasteiger partial charge is 0.497 e. The number of fused-ring (bicyclic) bond motifs is 1. The van der Waals surface area contributed by atoms with Crippen molar-refractivity contribution in [1.29, 1.82) is 0 Å². The fraction of sp³-hybridized carbons (Fsp3) is 0.687. The van der Waals surface area contributed by atoms with Gasteiger partial charge in [0.25, 0.3) is 0 Å². The molecule has 34 heteroatoms. The highest BCUT2D eigenvalue weighted by molar-refractivity contribution is 6.35. The molecule has 14 N–H and O–H groups in total. The predicted molar refractivity (Wildman–Crippen MR) is 373 cm³/mol. The van der Waals surface area contributed by atoms with Crippen molar-refractivity contribution in [3.63, 3.8) is 0 Å². The van der Waals surface area contributed by atoms with Crippen molar-refractivity contribution in [2.24, 2.45) is 64.7 Å². The number of carbonyl (C=O) groups excluding carboxylic acids is 11. The summed E-state index contributed by atoms with van der Waals surface area (Å²) in [5, 5.41) is 37.5. The minimum Gasteiger partial charge on any atom is -0.497 e. The molecular formula is C67H105Cl3N10O21. The van der Waals surface area contributed by atoms with Gasteiger partial charge in [0.15, 0.2) is 0 Å². The van der Waals surface area contributed by atoms with E-state index in [1.807, 2.05) is 6.92 Å². The Morgan fingerprint density at radius 1 is 0.515 bits per heavy atom. The Labute approximate surface area is 605 Å². The molecule has 7 aliphatic rings. The Morgan fingerprint density at radius 3 is 1.32 bits per heavy atom. The van der Waals surface area contributed by atoms with Crippen LogP contribution in [0, 0.1) is 53.3 Å². The smallest absolute Gasteiger partial charge is 0.408 e. The van der Waals surface area contributed by atoms with Gasteiger partial charge in [-0.2, -0.15) is 0 Å². The molecule has 0 radical (unpaired) electrons. The lowest BCUT2D eigenvalue weighted by Gasteiger charge is -2.21. The van der Waals surface area contributed by atoms with E-state index in [0.29, 0.717) is 98.6 Å². The van der Waals surface area contributed by atoms with Gasteiger partial charge in [0.1, 0.15) is 41.2 Å². The van der Waals surface area contributed by atoms with E-state index in [0.717, 1.165) is 56.9 Å². The van der Waals surface area contributed by atoms with Gasteiger partial charge < -0.3 is 92.3 Å². The number of nitrogens with one attached hydrogen (secondary N) is 8. The number of benzene rings is 1. The van der Waals surface area contributed by atoms with Crippen molar-refractivity contribution < 1.29 is 101 Å². The minimum atomic E-state index is -1.01. The first-order valence-electron chi connectivity index (χ1n) is 33.6. The Balaban J connectivity index is 0.000000415. The molecule has 7 fully saturated rings. The molecule has 31 nitrogen and oxygen atoms in total. The number of methoxy groups -OCH3 is 5. The average molecular weight is 1490 g/mol. The number of nitrogens with two attached hydrogens (primary N) is 2. The molecule has 570 valence electrons. The van der Waals surface area contributed by atoms with Crippen LogP contribution in [0.4, 0.5) is 4.79 Å². The maximum atomic E-state index is 12.2. The number of ether oxygens (including phenoxy) is 6. The van der Waals surface area contributed by atoms with Crippen LogP contribution in [0.1, 0.15) is 154 Å². The Morgan fingerprint density at radius 2 is 0.931 bits per heavy atom. The first-order valence-corrected chi connectivity index (χ1v) is 33.9. The number of amides is 7. The standard InChI is InChI=1S/C15H24N2O4.C14H23N3O4.C11H19NO4.C10H8ClNO3.C9H15NO3.C8H14N2O3.2ClH/c1-9(7-10-3-4-10)13(18)17-12(15(20)21-2)8-11-5-6-16-14(11)19;1-21-14(20)11(7-9-4-5-16-12(9)18)17-13(19)10(15)6-8-2-3-8;1-11(2,3)16-10(15)12-8(9(13)14)6-7-4-5-7;1-15-6-2-5-3-8(10(13)14)12-9(5)7(11)4-6;1-6(9(12)13-2)5-7-3-4-10-8(7)11;1-13-8(12)6(9)4-5-2-3-10-7(5)11;;/h9-12H,3-8H2,1-2H3,(H,16,19)(H,17,18);8-11H,2-7,15H2,1H3,(H,16,18)(H,17,19);7-8H,4-6H2,1-3H3,(H,12,15)(H,13,14);2-4,12H,1H3,(H,13,14);6-7H,3-5H2,1-2H3,(H,10,11);5-6H,2-4,9H2,1H3,(H,10,11);2*1H/t9-,11-,12-;9-,10-,11-;8-;;6-,7-;5-,6-;;/m000.00../s1. The van der Waals surface area contributed by atoms with Gasteiger partial charge in [-0.05, 0) is 121 Å². The van der Waals surface area contributed by atoms with Crippen LogP contribution in [0.25, 0.3) is 10.9 Å². The van der Waals surface area contributed by atoms with E-state index >= 15 is 0 Å². The molecule has 0 bridgehead atoms. The molecule has 11 atom stereocenters. The zero-order valence-corrected chi connectivity index (χ0v) is 61.6. The van der Waals surface area contributed by atoms with Gasteiger partial charge in [-0.1, -0.05) is 64.0 Å². The van der Waals surface area contributed by atoms with E-state index in [9.17, 15) is 62.3 Å². The number of aromatic carboxylic acids is 1. The molecule has 3 saturated carbocycles. The molecule has 9 rings (SSSR count). The lowest BCUT2D eigenvalue weighted by Crippen LogP contribution is -2.49. The zero-order chi connectivity index (χ0) is 73.8. The van der Waals surface area contributed by atoms with Gasteiger partial charge in [-0.15, -0.1) is 24.8 Å². The number of carboxylic acid groups (broad SMARTS) is 2. The normalized spacial score (nSPS) is 20.5. The second-order valence-electron chi connectivity index (χ2n) is 26.9. The number of alkyl carbamates (subject to hydrolysis) is 1. The number of rotatable bonds is 26. The van der Waals surface area contributed by atoms with Crippen LogP contribution in [0.3, 0.4) is 0 Å². The number of H-pyrrole nitrogens is 1. The fourth-order valence-corrected chi connectivity index (χ4v) is 11.4. The number of aliphatic carboxylic acids is 1. The lowest BCUT2D eigenvalue weighted by molar-refractivity contribution is -0.146. The van der Waals surface area contributed by atoms with Crippen LogP contribution in [0.2, 0.25) is 5.02 Å². The maximum Gasteiger partial charge on any atom is 0.408 e. The number of hydrogen-bond acceptors (Lipinski definition) is 21. The second-order valence-corrected chi connectivity index (χ2v) is 27.3. The van der Waals surface area contributed by atoms with Crippen molar-refractivity contribution in [3.05, 3.63) is 28.9 Å². The third kappa shape index (κ3) is 32.4. The maximum absolute atomic E-state index is 12.2. The van der Waals surface area contributed by atoms with E-state index in [1.165, 1.54) is 54.5 Å². The van der Waals surface area contributed by atoms with Gasteiger partial charge in [-0.25, -0.2) is 24.0 Å². The number of carbonyl (C=O) groups is 13. The van der Waals surface area contributed by atoms with Gasteiger partial charge in [0.05, 0.1) is 58.0 Å². The quantitative estimate of drug-likeness (QED) is 0.0459. The molecule has 4 aliphatic heterocycles. The second kappa shape index (κ2) is 43.9. The molecule has 101 heavy (non-hydrogen) atoms. The third-order valence-corrected chi connectivity index (χ3v) is 17.7.